The Morgan fingerprint density at radius 3 is 2.58 bits per heavy atom. The quantitative estimate of drug-likeness (QED) is 0.240. The zero-order valence-electron chi connectivity index (χ0n) is 18.2. The van der Waals surface area contributed by atoms with Gasteiger partial charge in [-0.05, 0) is 41.2 Å². The maximum Gasteiger partial charge on any atom is 0.309 e. The number of Topliss-reactive ketones (excluding diaryl/α,β-unsaturated/α-hetero) is 1. The molecule has 0 amide bonds. The largest absolute Gasteiger partial charge is 0.469 e. The number of ether oxygens (including phenoxy) is 1. The molecular weight excluding hydrogens is 428 g/mol. The summed E-state index contributed by atoms with van der Waals surface area (Å²) in [6, 6.07) is 15.7. The lowest BCUT2D eigenvalue weighted by atomic mass is 9.90. The van der Waals surface area contributed by atoms with Crippen molar-refractivity contribution >= 4 is 36.1 Å². The molecule has 0 aromatic heterocycles. The molecule has 2 rings (SSSR count). The molecule has 0 bridgehead atoms. The van der Waals surface area contributed by atoms with Gasteiger partial charge in [0.05, 0.1) is 13.0 Å². The van der Waals surface area contributed by atoms with E-state index >= 15 is 0 Å². The Balaban J connectivity index is 2.30. The summed E-state index contributed by atoms with van der Waals surface area (Å²) in [5.74, 6) is 0.581. The van der Waals surface area contributed by atoms with Crippen molar-refractivity contribution in [2.24, 2.45) is 11.7 Å². The fourth-order valence-electron chi connectivity index (χ4n) is 3.33. The molecule has 0 radical (unpaired) electrons. The smallest absolute Gasteiger partial charge is 0.309 e. The molecule has 0 aliphatic carbocycles. The minimum atomic E-state index is -0.441. The van der Waals surface area contributed by atoms with Gasteiger partial charge in [-0.15, -0.1) is 0 Å². The zero-order valence-corrected chi connectivity index (χ0v) is 19.9. The van der Waals surface area contributed by atoms with Crippen LogP contribution >= 0.6 is 24.4 Å². The number of methoxy groups -OCH3 is 1. The summed E-state index contributed by atoms with van der Waals surface area (Å²) in [5.41, 5.74) is 9.38. The monoisotopic (exact) mass is 460 g/mol. The van der Waals surface area contributed by atoms with Gasteiger partial charge < -0.3 is 15.8 Å². The normalized spacial score (nSPS) is 12.9. The molecule has 0 saturated heterocycles. The highest BCUT2D eigenvalue weighted by atomic mass is 32.2. The molecule has 0 unspecified atom stereocenters. The number of nitrogens with two attached hydrogens (primary N) is 1. The second-order valence-electron chi connectivity index (χ2n) is 7.45. The van der Waals surface area contributed by atoms with E-state index in [1.165, 1.54) is 7.11 Å². The number of benzene rings is 2. The van der Waals surface area contributed by atoms with Gasteiger partial charge in [0.15, 0.2) is 5.78 Å². The van der Waals surface area contributed by atoms with Crippen LogP contribution in [-0.2, 0) is 16.1 Å². The number of hydrogen-bond donors (Lipinski definition) is 3. The first-order valence-electron chi connectivity index (χ1n) is 10.4. The molecule has 0 saturated carbocycles. The van der Waals surface area contributed by atoms with Crippen molar-refractivity contribution in [3.63, 3.8) is 0 Å². The Labute approximate surface area is 194 Å². The topological polar surface area (TPSA) is 81.4 Å². The van der Waals surface area contributed by atoms with Crippen molar-refractivity contribution in [1.82, 2.24) is 5.32 Å². The van der Waals surface area contributed by atoms with E-state index in [4.69, 9.17) is 10.5 Å². The molecule has 2 aromatic carbocycles. The van der Waals surface area contributed by atoms with Crippen molar-refractivity contribution in [3.05, 3.63) is 59.7 Å². The maximum absolute atomic E-state index is 13.3. The van der Waals surface area contributed by atoms with Crippen molar-refractivity contribution in [1.29, 1.82) is 0 Å². The predicted octanol–water partition coefficient (Wildman–Crippen LogP) is 3.82. The molecule has 7 heteroatoms. The summed E-state index contributed by atoms with van der Waals surface area (Å²) >= 11 is 5.86. The van der Waals surface area contributed by atoms with Gasteiger partial charge in [0.1, 0.15) is 0 Å². The van der Waals surface area contributed by atoms with Crippen molar-refractivity contribution < 1.29 is 14.3 Å². The molecule has 0 aliphatic rings. The number of nitrogens with one attached hydrogen (secondary N) is 1. The van der Waals surface area contributed by atoms with Crippen LogP contribution in [0.2, 0.25) is 0 Å². The molecule has 0 fully saturated rings. The maximum atomic E-state index is 13.3. The summed E-state index contributed by atoms with van der Waals surface area (Å²) in [6.07, 6.45) is 2.73. The standard InChI is InChI=1S/C24H32N2O3S2/c1-29-24(28)19(10-11-31-2)13-23(27)22-12-17(14-26-15-20(25)16-30)8-9-21(22)18-6-4-3-5-7-18/h3-9,12,19-20,26,30H,10-11,13-16,25H2,1-2H3/t19-,20-/m1/s1. The lowest BCUT2D eigenvalue weighted by Crippen LogP contribution is -2.34. The Hall–Kier alpha value is -1.80. The van der Waals surface area contributed by atoms with E-state index in [0.29, 0.717) is 30.8 Å². The Morgan fingerprint density at radius 2 is 1.94 bits per heavy atom. The second-order valence-corrected chi connectivity index (χ2v) is 8.80. The van der Waals surface area contributed by atoms with Gasteiger partial charge in [-0.2, -0.15) is 24.4 Å². The number of esters is 1. The van der Waals surface area contributed by atoms with Gasteiger partial charge in [0.25, 0.3) is 0 Å². The summed E-state index contributed by atoms with van der Waals surface area (Å²) in [6.45, 7) is 1.25. The Morgan fingerprint density at radius 1 is 1.19 bits per heavy atom. The van der Waals surface area contributed by atoms with E-state index in [1.807, 2.05) is 54.8 Å². The van der Waals surface area contributed by atoms with Crippen molar-refractivity contribution in [2.45, 2.75) is 25.4 Å². The molecular formula is C24H32N2O3S2. The van der Waals surface area contributed by atoms with Crippen LogP contribution in [0, 0.1) is 5.92 Å². The summed E-state index contributed by atoms with van der Waals surface area (Å²) in [4.78, 5) is 25.6. The highest BCUT2D eigenvalue weighted by Gasteiger charge is 2.24. The van der Waals surface area contributed by atoms with Gasteiger partial charge in [-0.3, -0.25) is 9.59 Å². The molecule has 168 valence electrons. The van der Waals surface area contributed by atoms with E-state index in [1.54, 1.807) is 11.8 Å². The van der Waals surface area contributed by atoms with Gasteiger partial charge in [-0.1, -0.05) is 42.5 Å². The number of rotatable bonds is 13. The molecule has 0 aliphatic heterocycles. The van der Waals surface area contributed by atoms with Crippen LogP contribution in [0.4, 0.5) is 0 Å². The first kappa shape index (κ1) is 25.5. The third kappa shape index (κ3) is 8.00. The SMILES string of the molecule is COC(=O)[C@H](CCSC)CC(=O)c1cc(CNC[C@@H](N)CS)ccc1-c1ccccc1. The number of carbonyl (C=O) groups excluding carboxylic acids is 2. The number of ketones is 1. The lowest BCUT2D eigenvalue weighted by Gasteiger charge is -2.16. The van der Waals surface area contributed by atoms with Gasteiger partial charge in [-0.25, -0.2) is 0 Å². The summed E-state index contributed by atoms with van der Waals surface area (Å²) in [7, 11) is 1.37. The van der Waals surface area contributed by atoms with Crippen LogP contribution in [0.5, 0.6) is 0 Å². The van der Waals surface area contributed by atoms with Crippen LogP contribution < -0.4 is 11.1 Å². The van der Waals surface area contributed by atoms with Crippen LogP contribution in [0.3, 0.4) is 0 Å². The minimum Gasteiger partial charge on any atom is -0.469 e. The van der Waals surface area contributed by atoms with Gasteiger partial charge in [0.2, 0.25) is 0 Å². The van der Waals surface area contributed by atoms with Crippen molar-refractivity contribution in [2.75, 3.05) is 31.4 Å². The molecule has 2 aromatic rings. The number of hydrogen-bond acceptors (Lipinski definition) is 7. The average Bonchev–Trinajstić information content (AvgIpc) is 2.81. The van der Waals surface area contributed by atoms with E-state index in [0.717, 1.165) is 22.4 Å². The van der Waals surface area contributed by atoms with Crippen molar-refractivity contribution in [3.8, 4) is 11.1 Å². The Kier molecular flexibility index (Phi) is 11.2. The molecule has 3 N–H and O–H groups in total. The second kappa shape index (κ2) is 13.6. The predicted molar refractivity (Wildman–Crippen MR) is 133 cm³/mol. The first-order chi connectivity index (χ1) is 15.0. The van der Waals surface area contributed by atoms with E-state index in [2.05, 4.69) is 17.9 Å². The summed E-state index contributed by atoms with van der Waals surface area (Å²) < 4.78 is 4.94. The first-order valence-corrected chi connectivity index (χ1v) is 12.4. The minimum absolute atomic E-state index is 0.0229. The highest BCUT2D eigenvalue weighted by Crippen LogP contribution is 2.28. The molecule has 2 atom stereocenters. The third-order valence-electron chi connectivity index (χ3n) is 5.08. The lowest BCUT2D eigenvalue weighted by molar-refractivity contribution is -0.145. The Bertz CT molecular complexity index is 846. The molecule has 31 heavy (non-hydrogen) atoms. The number of thioether (sulfide) groups is 1. The van der Waals surface area contributed by atoms with E-state index in [9.17, 15) is 9.59 Å². The van der Waals surface area contributed by atoms with E-state index < -0.39 is 5.92 Å². The number of carbonyl (C=O) groups is 2. The third-order valence-corrected chi connectivity index (χ3v) is 6.19. The van der Waals surface area contributed by atoms with Crippen LogP contribution in [-0.4, -0.2) is 49.2 Å². The van der Waals surface area contributed by atoms with Gasteiger partial charge >= 0.3 is 5.97 Å². The van der Waals surface area contributed by atoms with Gasteiger partial charge in [0, 0.05) is 36.9 Å². The average molecular weight is 461 g/mol. The molecule has 0 heterocycles. The fourth-order valence-corrected chi connectivity index (χ4v) is 3.98. The number of thiol groups is 1. The summed E-state index contributed by atoms with van der Waals surface area (Å²) in [5, 5.41) is 3.31. The highest BCUT2D eigenvalue weighted by molar-refractivity contribution is 7.98. The fraction of sp³-hybridized carbons (Fsp3) is 0.417. The van der Waals surface area contributed by atoms with Crippen LogP contribution in [0.1, 0.15) is 28.8 Å². The van der Waals surface area contributed by atoms with Crippen LogP contribution in [0.15, 0.2) is 48.5 Å². The van der Waals surface area contributed by atoms with Crippen LogP contribution in [0.25, 0.3) is 11.1 Å². The zero-order chi connectivity index (χ0) is 22.6. The molecule has 5 nitrogen and oxygen atoms in total. The van der Waals surface area contributed by atoms with E-state index in [-0.39, 0.29) is 24.2 Å². The molecule has 0 spiro atoms.